The van der Waals surface area contributed by atoms with Crippen molar-refractivity contribution >= 4 is 16.7 Å². The number of hydrogen-bond donors (Lipinski definition) is 1. The Morgan fingerprint density at radius 3 is 2.58 bits per heavy atom. The first kappa shape index (κ1) is 21.1. The maximum absolute atomic E-state index is 13.1. The van der Waals surface area contributed by atoms with Gasteiger partial charge in [-0.1, -0.05) is 30.7 Å². The van der Waals surface area contributed by atoms with Gasteiger partial charge in [-0.25, -0.2) is 0 Å². The number of fused-ring (bicyclic) bond motifs is 1. The van der Waals surface area contributed by atoms with Crippen molar-refractivity contribution in [3.63, 3.8) is 0 Å². The fourth-order valence-corrected chi connectivity index (χ4v) is 4.21. The van der Waals surface area contributed by atoms with Crippen LogP contribution in [0.5, 0.6) is 5.75 Å². The van der Waals surface area contributed by atoms with E-state index >= 15 is 0 Å². The first-order valence-electron chi connectivity index (χ1n) is 11.0. The van der Waals surface area contributed by atoms with Gasteiger partial charge in [0.15, 0.2) is 0 Å². The molecule has 6 nitrogen and oxygen atoms in total. The smallest absolute Gasteiger partial charge is 0.262 e. The number of nitrogens with one attached hydrogen (secondary N) is 1. The second-order valence-electron chi connectivity index (χ2n) is 7.98. The van der Waals surface area contributed by atoms with Gasteiger partial charge in [-0.2, -0.15) is 0 Å². The van der Waals surface area contributed by atoms with Gasteiger partial charge in [0.05, 0.1) is 18.4 Å². The first-order chi connectivity index (χ1) is 15.2. The monoisotopic (exact) mass is 419 g/mol. The molecule has 0 bridgehead atoms. The Kier molecular flexibility index (Phi) is 6.67. The molecule has 1 saturated heterocycles. The third-order valence-corrected chi connectivity index (χ3v) is 5.89. The number of ether oxygens (including phenoxy) is 1. The van der Waals surface area contributed by atoms with Crippen LogP contribution in [0, 0.1) is 0 Å². The van der Waals surface area contributed by atoms with Crippen molar-refractivity contribution in [2.24, 2.45) is 0 Å². The molecule has 1 aromatic heterocycles. The normalized spacial score (nSPS) is 14.5. The van der Waals surface area contributed by atoms with Gasteiger partial charge in [0.25, 0.3) is 11.5 Å². The fraction of sp³-hybridized carbons (Fsp3) is 0.360. The molecule has 31 heavy (non-hydrogen) atoms. The van der Waals surface area contributed by atoms with Gasteiger partial charge in [0, 0.05) is 29.6 Å². The van der Waals surface area contributed by atoms with Crippen LogP contribution >= 0.6 is 0 Å². The molecule has 1 aliphatic rings. The molecule has 4 rings (SSSR count). The lowest BCUT2D eigenvalue weighted by Crippen LogP contribution is -2.33. The van der Waals surface area contributed by atoms with Crippen LogP contribution in [-0.2, 0) is 0 Å². The standard InChI is InChI=1S/C25H29N3O3/c1-31-20-10-7-9-19(17-20)28-18-23(21-11-3-4-12-22(21)25(28)30)24(29)26-13-8-16-27-14-5-2-6-15-27/h3-4,7,9-12,17-18H,2,5-6,8,13-16H2,1H3,(H,26,29). The summed E-state index contributed by atoms with van der Waals surface area (Å²) < 4.78 is 6.82. The van der Waals surface area contributed by atoms with Crippen molar-refractivity contribution in [2.75, 3.05) is 33.3 Å². The Balaban J connectivity index is 1.58. The number of amides is 1. The van der Waals surface area contributed by atoms with Crippen LogP contribution in [0.4, 0.5) is 0 Å². The SMILES string of the molecule is COc1cccc(-n2cc(C(=O)NCCCN3CCCCC3)c3ccccc3c2=O)c1. The van der Waals surface area contributed by atoms with Crippen molar-refractivity contribution in [1.29, 1.82) is 0 Å². The van der Waals surface area contributed by atoms with E-state index in [2.05, 4.69) is 10.2 Å². The highest BCUT2D eigenvalue weighted by molar-refractivity contribution is 6.06. The van der Waals surface area contributed by atoms with Gasteiger partial charge in [0.1, 0.15) is 5.75 Å². The summed E-state index contributed by atoms with van der Waals surface area (Å²) >= 11 is 0. The molecular weight excluding hydrogens is 390 g/mol. The Hall–Kier alpha value is -3.12. The molecule has 0 atom stereocenters. The van der Waals surface area contributed by atoms with Crippen LogP contribution in [0.15, 0.2) is 59.5 Å². The van der Waals surface area contributed by atoms with E-state index in [-0.39, 0.29) is 11.5 Å². The van der Waals surface area contributed by atoms with E-state index in [1.165, 1.54) is 23.8 Å². The number of carbonyl (C=O) groups excluding carboxylic acids is 1. The van der Waals surface area contributed by atoms with E-state index in [9.17, 15) is 9.59 Å². The maximum atomic E-state index is 13.1. The third-order valence-electron chi connectivity index (χ3n) is 5.89. The summed E-state index contributed by atoms with van der Waals surface area (Å²) in [5.41, 5.74) is 0.996. The Morgan fingerprint density at radius 1 is 1.03 bits per heavy atom. The number of aromatic nitrogens is 1. The van der Waals surface area contributed by atoms with Crippen LogP contribution < -0.4 is 15.6 Å². The van der Waals surface area contributed by atoms with E-state index in [0.717, 1.165) is 26.1 Å². The minimum Gasteiger partial charge on any atom is -0.497 e. The number of nitrogens with zero attached hydrogens (tertiary/aromatic N) is 2. The van der Waals surface area contributed by atoms with E-state index in [1.807, 2.05) is 36.4 Å². The number of rotatable bonds is 7. The topological polar surface area (TPSA) is 63.6 Å². The minimum atomic E-state index is -0.162. The molecule has 2 heterocycles. The Morgan fingerprint density at radius 2 is 1.81 bits per heavy atom. The van der Waals surface area contributed by atoms with E-state index in [4.69, 9.17) is 4.74 Å². The number of hydrogen-bond acceptors (Lipinski definition) is 4. The van der Waals surface area contributed by atoms with Crippen LogP contribution in [0.1, 0.15) is 36.0 Å². The molecule has 3 aromatic rings. The number of benzene rings is 2. The lowest BCUT2D eigenvalue weighted by molar-refractivity contribution is 0.0952. The number of carbonyl (C=O) groups is 1. The molecule has 0 saturated carbocycles. The highest BCUT2D eigenvalue weighted by Gasteiger charge is 2.16. The van der Waals surface area contributed by atoms with Crippen molar-refractivity contribution in [3.8, 4) is 11.4 Å². The highest BCUT2D eigenvalue weighted by atomic mass is 16.5. The number of likely N-dealkylation sites (tertiary alicyclic amines) is 1. The van der Waals surface area contributed by atoms with E-state index < -0.39 is 0 Å². The molecule has 162 valence electrons. The third kappa shape index (κ3) is 4.80. The Bertz CT molecular complexity index is 1120. The average molecular weight is 420 g/mol. The van der Waals surface area contributed by atoms with Gasteiger partial charge in [0.2, 0.25) is 0 Å². The van der Waals surface area contributed by atoms with E-state index in [1.54, 1.807) is 25.4 Å². The summed E-state index contributed by atoms with van der Waals surface area (Å²) in [5.74, 6) is 0.493. The molecule has 2 aromatic carbocycles. The summed E-state index contributed by atoms with van der Waals surface area (Å²) in [4.78, 5) is 28.7. The summed E-state index contributed by atoms with van der Waals surface area (Å²) in [6.45, 7) is 3.93. The van der Waals surface area contributed by atoms with Crippen molar-refractivity contribution in [2.45, 2.75) is 25.7 Å². The molecule has 1 amide bonds. The van der Waals surface area contributed by atoms with Gasteiger partial charge in [-0.3, -0.25) is 14.2 Å². The lowest BCUT2D eigenvalue weighted by atomic mass is 10.1. The first-order valence-corrected chi connectivity index (χ1v) is 11.0. The van der Waals surface area contributed by atoms with Crippen molar-refractivity contribution < 1.29 is 9.53 Å². The largest absolute Gasteiger partial charge is 0.497 e. The van der Waals surface area contributed by atoms with Gasteiger partial charge in [-0.15, -0.1) is 0 Å². The fourth-order valence-electron chi connectivity index (χ4n) is 4.21. The van der Waals surface area contributed by atoms with Crippen LogP contribution in [0.3, 0.4) is 0 Å². The molecule has 6 heteroatoms. The zero-order chi connectivity index (χ0) is 21.6. The predicted octanol–water partition coefficient (Wildman–Crippen LogP) is 3.61. The maximum Gasteiger partial charge on any atom is 0.262 e. The van der Waals surface area contributed by atoms with Gasteiger partial charge < -0.3 is 15.0 Å². The summed E-state index contributed by atoms with van der Waals surface area (Å²) in [7, 11) is 1.59. The second-order valence-corrected chi connectivity index (χ2v) is 7.98. The van der Waals surface area contributed by atoms with Crippen molar-refractivity contribution in [3.05, 3.63) is 70.6 Å². The summed E-state index contributed by atoms with van der Waals surface area (Å²) in [5, 5.41) is 4.23. The van der Waals surface area contributed by atoms with E-state index in [0.29, 0.717) is 34.3 Å². The molecule has 1 fully saturated rings. The van der Waals surface area contributed by atoms with Crippen LogP contribution in [-0.4, -0.2) is 48.7 Å². The minimum absolute atomic E-state index is 0.161. The number of methoxy groups -OCH3 is 1. The van der Waals surface area contributed by atoms with Gasteiger partial charge >= 0.3 is 0 Å². The molecule has 0 radical (unpaired) electrons. The quantitative estimate of drug-likeness (QED) is 0.595. The molecule has 0 spiro atoms. The molecule has 0 unspecified atom stereocenters. The molecule has 1 N–H and O–H groups in total. The zero-order valence-electron chi connectivity index (χ0n) is 18.0. The summed E-state index contributed by atoms with van der Waals surface area (Å²) in [6.07, 6.45) is 6.41. The predicted molar refractivity (Wildman–Crippen MR) is 123 cm³/mol. The highest BCUT2D eigenvalue weighted by Crippen LogP contribution is 2.20. The molecule has 0 aliphatic carbocycles. The summed E-state index contributed by atoms with van der Waals surface area (Å²) in [6, 6.07) is 14.5. The molecular formula is C25H29N3O3. The Labute approximate surface area is 182 Å². The van der Waals surface area contributed by atoms with Crippen molar-refractivity contribution in [1.82, 2.24) is 14.8 Å². The van der Waals surface area contributed by atoms with Crippen LogP contribution in [0.2, 0.25) is 0 Å². The zero-order valence-corrected chi connectivity index (χ0v) is 18.0. The lowest BCUT2D eigenvalue weighted by Gasteiger charge is -2.26. The van der Waals surface area contributed by atoms with Crippen LogP contribution in [0.25, 0.3) is 16.5 Å². The number of pyridine rings is 1. The van der Waals surface area contributed by atoms with Gasteiger partial charge in [-0.05, 0) is 57.1 Å². The number of piperidine rings is 1. The molecule has 1 aliphatic heterocycles. The second kappa shape index (κ2) is 9.79. The average Bonchev–Trinajstić information content (AvgIpc) is 2.83.